The van der Waals surface area contributed by atoms with Gasteiger partial charge in [0, 0.05) is 36.4 Å². The van der Waals surface area contributed by atoms with Crippen LogP contribution in [0.4, 0.5) is 5.69 Å². The molecule has 3 heterocycles. The van der Waals surface area contributed by atoms with E-state index in [0.29, 0.717) is 23.7 Å². The van der Waals surface area contributed by atoms with Crippen LogP contribution < -0.4 is 10.6 Å². The zero-order valence-electron chi connectivity index (χ0n) is 25.6. The highest BCUT2D eigenvalue weighted by molar-refractivity contribution is 6.31. The zero-order valence-corrected chi connectivity index (χ0v) is 26.4. The van der Waals surface area contributed by atoms with Crippen molar-refractivity contribution in [3.63, 3.8) is 0 Å². The van der Waals surface area contributed by atoms with Gasteiger partial charge in [-0.3, -0.25) is 19.3 Å². The summed E-state index contributed by atoms with van der Waals surface area (Å²) in [5.74, 6) is -2.18. The maximum absolute atomic E-state index is 14.3. The summed E-state index contributed by atoms with van der Waals surface area (Å²) in [7, 11) is 0. The molecule has 234 valence electrons. The van der Waals surface area contributed by atoms with E-state index < -0.39 is 29.6 Å². The molecule has 0 radical (unpaired) electrons. The molecule has 0 aromatic heterocycles. The molecular formula is C35H43ClN4O4. The number of anilines is 1. The first-order chi connectivity index (χ1) is 21.3. The van der Waals surface area contributed by atoms with Crippen LogP contribution in [0.5, 0.6) is 0 Å². The van der Waals surface area contributed by atoms with Gasteiger partial charge in [-0.1, -0.05) is 86.3 Å². The average molecular weight is 619 g/mol. The molecule has 2 aromatic rings. The quantitative estimate of drug-likeness (QED) is 0.342. The van der Waals surface area contributed by atoms with Crippen LogP contribution in [-0.2, 0) is 25.7 Å². The molecule has 6 rings (SSSR count). The highest BCUT2D eigenvalue weighted by Gasteiger charge is 2.72. The highest BCUT2D eigenvalue weighted by Crippen LogP contribution is 2.55. The number of hydrogen-bond acceptors (Lipinski definition) is 5. The van der Waals surface area contributed by atoms with E-state index in [9.17, 15) is 14.4 Å². The Hall–Kier alpha value is -3.20. The number of fused-ring (bicyclic) bond motifs is 1. The molecule has 1 spiro atoms. The fourth-order valence-corrected chi connectivity index (χ4v) is 7.77. The third kappa shape index (κ3) is 5.92. The summed E-state index contributed by atoms with van der Waals surface area (Å²) in [6.45, 7) is 6.92. The topological polar surface area (TPSA) is 91.0 Å². The summed E-state index contributed by atoms with van der Waals surface area (Å²) in [5, 5.41) is 6.79. The summed E-state index contributed by atoms with van der Waals surface area (Å²) >= 11 is 6.31. The second-order valence-electron chi connectivity index (χ2n) is 12.7. The van der Waals surface area contributed by atoms with Crippen LogP contribution in [0.25, 0.3) is 0 Å². The lowest BCUT2D eigenvalue weighted by Crippen LogP contribution is -2.56. The molecule has 2 saturated heterocycles. The Kier molecular flexibility index (Phi) is 9.13. The van der Waals surface area contributed by atoms with Crippen LogP contribution in [0.3, 0.4) is 0 Å². The number of rotatable bonds is 11. The molecule has 2 aromatic carbocycles. The first-order valence-corrected chi connectivity index (χ1v) is 16.5. The van der Waals surface area contributed by atoms with E-state index in [1.165, 1.54) is 12.0 Å². The summed E-state index contributed by atoms with van der Waals surface area (Å²) in [4.78, 5) is 46.2. The maximum atomic E-state index is 14.3. The molecule has 1 aliphatic carbocycles. The number of nitrogens with one attached hydrogen (secondary N) is 2. The molecule has 2 N–H and O–H groups in total. The molecule has 1 saturated carbocycles. The third-order valence-corrected chi connectivity index (χ3v) is 10.3. The number of hydrogen-bond donors (Lipinski definition) is 2. The van der Waals surface area contributed by atoms with E-state index >= 15 is 0 Å². The van der Waals surface area contributed by atoms with Crippen molar-refractivity contribution in [3.8, 4) is 0 Å². The monoisotopic (exact) mass is 618 g/mol. The van der Waals surface area contributed by atoms with Gasteiger partial charge < -0.3 is 20.3 Å². The molecule has 9 heteroatoms. The first-order valence-electron chi connectivity index (χ1n) is 16.1. The number of benzene rings is 2. The van der Waals surface area contributed by atoms with Crippen molar-refractivity contribution in [3.05, 3.63) is 76.8 Å². The van der Waals surface area contributed by atoms with Gasteiger partial charge in [0.2, 0.25) is 17.7 Å². The van der Waals surface area contributed by atoms with Crippen LogP contribution in [0.2, 0.25) is 5.02 Å². The lowest BCUT2D eigenvalue weighted by molar-refractivity contribution is -0.141. The van der Waals surface area contributed by atoms with Crippen LogP contribution in [-0.4, -0.2) is 70.9 Å². The fourth-order valence-electron chi connectivity index (χ4n) is 7.59. The molecule has 2 bridgehead atoms. The Morgan fingerprint density at radius 1 is 1.09 bits per heavy atom. The first kappa shape index (κ1) is 30.8. The largest absolute Gasteiger partial charge is 0.359 e. The van der Waals surface area contributed by atoms with E-state index in [4.69, 9.17) is 16.3 Å². The van der Waals surface area contributed by atoms with E-state index in [1.54, 1.807) is 17.0 Å². The Balaban J connectivity index is 1.22. The molecular weight excluding hydrogens is 576 g/mol. The molecule has 44 heavy (non-hydrogen) atoms. The van der Waals surface area contributed by atoms with Crippen molar-refractivity contribution < 1.29 is 19.1 Å². The molecule has 8 nitrogen and oxygen atoms in total. The van der Waals surface area contributed by atoms with Gasteiger partial charge in [-0.05, 0) is 56.0 Å². The number of halogens is 1. The Bertz CT molecular complexity index is 1410. The van der Waals surface area contributed by atoms with Crippen molar-refractivity contribution in [2.75, 3.05) is 25.0 Å². The molecule has 5 unspecified atom stereocenters. The molecule has 5 atom stereocenters. The van der Waals surface area contributed by atoms with Gasteiger partial charge in [-0.25, -0.2) is 0 Å². The van der Waals surface area contributed by atoms with Gasteiger partial charge in [0.1, 0.15) is 11.6 Å². The minimum Gasteiger partial charge on any atom is -0.359 e. The molecule has 4 aliphatic rings. The third-order valence-electron chi connectivity index (χ3n) is 9.89. The van der Waals surface area contributed by atoms with Gasteiger partial charge in [0.15, 0.2) is 0 Å². The number of ether oxygens (including phenoxy) is 1. The van der Waals surface area contributed by atoms with Gasteiger partial charge in [0.25, 0.3) is 0 Å². The van der Waals surface area contributed by atoms with Crippen LogP contribution in [0.15, 0.2) is 60.7 Å². The van der Waals surface area contributed by atoms with Gasteiger partial charge in [0.05, 0.1) is 17.9 Å². The highest BCUT2D eigenvalue weighted by atomic mass is 35.5. The van der Waals surface area contributed by atoms with Gasteiger partial charge in [-0.15, -0.1) is 0 Å². The Morgan fingerprint density at radius 2 is 1.86 bits per heavy atom. The molecule has 3 amide bonds. The smallest absolute Gasteiger partial charge is 0.246 e. The lowest BCUT2D eigenvalue weighted by Gasteiger charge is -2.34. The fraction of sp³-hybridized carbons (Fsp3) is 0.514. The van der Waals surface area contributed by atoms with E-state index in [0.717, 1.165) is 50.9 Å². The predicted octanol–water partition coefficient (Wildman–Crippen LogP) is 5.10. The summed E-state index contributed by atoms with van der Waals surface area (Å²) in [6, 6.07) is 15.0. The van der Waals surface area contributed by atoms with Crippen LogP contribution in [0.1, 0.15) is 56.6 Å². The predicted molar refractivity (Wildman–Crippen MR) is 171 cm³/mol. The van der Waals surface area contributed by atoms with E-state index in [2.05, 4.69) is 34.6 Å². The maximum Gasteiger partial charge on any atom is 0.246 e. The Labute approximate surface area is 265 Å². The second-order valence-corrected chi connectivity index (χ2v) is 13.1. The number of nitrogens with zero attached hydrogens (tertiary/aromatic N) is 2. The van der Waals surface area contributed by atoms with E-state index in [-0.39, 0.29) is 23.8 Å². The normalized spacial score (nSPS) is 27.6. The van der Waals surface area contributed by atoms with Gasteiger partial charge in [-0.2, -0.15) is 0 Å². The SMILES string of the molecule is CCN(CCCN1C(=O)C2C(C(=O)Nc3ccc(C)c(Cl)c3)C3C=CC2(O3)C1C(=O)NC1CCCCC1)Cc1ccccc1. The van der Waals surface area contributed by atoms with Gasteiger partial charge >= 0.3 is 0 Å². The second kappa shape index (κ2) is 13.0. The lowest BCUT2D eigenvalue weighted by atomic mass is 9.74. The molecule has 3 fully saturated rings. The van der Waals surface area contributed by atoms with Crippen molar-refractivity contribution in [1.82, 2.24) is 15.1 Å². The summed E-state index contributed by atoms with van der Waals surface area (Å²) in [5.41, 5.74) is 1.55. The number of likely N-dealkylation sites (tertiary alicyclic amines) is 1. The van der Waals surface area contributed by atoms with Crippen LogP contribution in [0, 0.1) is 18.8 Å². The van der Waals surface area contributed by atoms with Crippen molar-refractivity contribution in [2.24, 2.45) is 11.8 Å². The summed E-state index contributed by atoms with van der Waals surface area (Å²) in [6.07, 6.45) is 9.11. The molecule has 3 aliphatic heterocycles. The minimum atomic E-state index is -1.16. The van der Waals surface area contributed by atoms with Crippen LogP contribution >= 0.6 is 11.6 Å². The summed E-state index contributed by atoms with van der Waals surface area (Å²) < 4.78 is 6.52. The average Bonchev–Trinajstić information content (AvgIpc) is 3.67. The standard InChI is InChI=1S/C35H43ClN4O4/c1-3-39(22-24-11-6-4-7-12-24)19-10-20-40-31(33(42)37-25-13-8-5-9-14-25)35-18-17-28(44-35)29(30(35)34(40)43)32(41)38-26-16-15-23(2)27(36)21-26/h4,6-7,11-12,15-18,21,25,28-31H,3,5,8-10,13-14,19-20,22H2,1-2H3,(H,37,42)(H,38,41). The minimum absolute atomic E-state index is 0.0954. The van der Waals surface area contributed by atoms with Crippen molar-refractivity contribution in [1.29, 1.82) is 0 Å². The zero-order chi connectivity index (χ0) is 30.8. The van der Waals surface area contributed by atoms with E-state index in [1.807, 2.05) is 43.3 Å². The number of carbonyl (C=O) groups excluding carboxylic acids is 3. The number of amides is 3. The number of carbonyl (C=O) groups is 3. The van der Waals surface area contributed by atoms with Crippen molar-refractivity contribution in [2.45, 2.75) is 82.7 Å². The number of aryl methyl sites for hydroxylation is 1. The Morgan fingerprint density at radius 3 is 2.59 bits per heavy atom. The van der Waals surface area contributed by atoms with Crippen molar-refractivity contribution >= 4 is 35.0 Å².